The lowest BCUT2D eigenvalue weighted by molar-refractivity contribution is 0.0946. The summed E-state index contributed by atoms with van der Waals surface area (Å²) in [5.74, 6) is 0.546. The summed E-state index contributed by atoms with van der Waals surface area (Å²) in [4.78, 5) is 20.7. The predicted octanol–water partition coefficient (Wildman–Crippen LogP) is 2.57. The lowest BCUT2D eigenvalue weighted by Gasteiger charge is -2.06. The van der Waals surface area contributed by atoms with Crippen molar-refractivity contribution in [2.24, 2.45) is 0 Å². The highest BCUT2D eigenvalue weighted by molar-refractivity contribution is 5.95. The van der Waals surface area contributed by atoms with Crippen LogP contribution in [-0.2, 0) is 6.54 Å². The van der Waals surface area contributed by atoms with Crippen LogP contribution in [0.1, 0.15) is 16.2 Å². The number of ether oxygens (including phenoxy) is 1. The van der Waals surface area contributed by atoms with Gasteiger partial charge in [0, 0.05) is 11.6 Å². The van der Waals surface area contributed by atoms with Crippen molar-refractivity contribution in [3.8, 4) is 5.75 Å². The minimum absolute atomic E-state index is 0.219. The SMILES string of the molecule is COc1ccc2nc(C(=O)NCc3ccccn3)ccc2c1. The number of pyridine rings is 2. The summed E-state index contributed by atoms with van der Waals surface area (Å²) in [6, 6.07) is 14.7. The molecule has 110 valence electrons. The number of fused-ring (bicyclic) bond motifs is 1. The number of carbonyl (C=O) groups is 1. The number of carbonyl (C=O) groups excluding carboxylic acids is 1. The molecule has 0 fully saturated rings. The summed E-state index contributed by atoms with van der Waals surface area (Å²) >= 11 is 0. The average Bonchev–Trinajstić information content (AvgIpc) is 2.59. The smallest absolute Gasteiger partial charge is 0.270 e. The fourth-order valence-electron chi connectivity index (χ4n) is 2.12. The quantitative estimate of drug-likeness (QED) is 0.803. The van der Waals surface area contributed by atoms with Crippen LogP contribution >= 0.6 is 0 Å². The maximum Gasteiger partial charge on any atom is 0.270 e. The van der Waals surface area contributed by atoms with E-state index in [-0.39, 0.29) is 5.91 Å². The maximum absolute atomic E-state index is 12.2. The number of nitrogens with zero attached hydrogens (tertiary/aromatic N) is 2. The Hall–Kier alpha value is -2.95. The van der Waals surface area contributed by atoms with Gasteiger partial charge in [-0.1, -0.05) is 12.1 Å². The molecule has 0 unspecified atom stereocenters. The zero-order valence-electron chi connectivity index (χ0n) is 12.1. The van der Waals surface area contributed by atoms with E-state index in [1.807, 2.05) is 42.5 Å². The molecule has 0 bridgehead atoms. The van der Waals surface area contributed by atoms with Crippen molar-refractivity contribution in [1.82, 2.24) is 15.3 Å². The summed E-state index contributed by atoms with van der Waals surface area (Å²) < 4.78 is 5.17. The molecule has 22 heavy (non-hydrogen) atoms. The molecule has 1 N–H and O–H groups in total. The lowest BCUT2D eigenvalue weighted by atomic mass is 10.2. The molecule has 0 saturated carbocycles. The molecule has 0 atom stereocenters. The van der Waals surface area contributed by atoms with Gasteiger partial charge in [-0.2, -0.15) is 0 Å². The number of benzene rings is 1. The van der Waals surface area contributed by atoms with Gasteiger partial charge in [0.2, 0.25) is 0 Å². The molecule has 1 amide bonds. The fraction of sp³-hybridized carbons (Fsp3) is 0.118. The summed E-state index contributed by atoms with van der Waals surface area (Å²) in [6.07, 6.45) is 1.70. The summed E-state index contributed by atoms with van der Waals surface area (Å²) in [5.41, 5.74) is 1.95. The van der Waals surface area contributed by atoms with E-state index >= 15 is 0 Å². The Bertz CT molecular complexity index is 803. The molecule has 0 saturated heterocycles. The molecule has 2 aromatic heterocycles. The largest absolute Gasteiger partial charge is 0.497 e. The van der Waals surface area contributed by atoms with Gasteiger partial charge in [0.1, 0.15) is 11.4 Å². The van der Waals surface area contributed by atoms with Crippen LogP contribution in [0.5, 0.6) is 5.75 Å². The van der Waals surface area contributed by atoms with Crippen molar-refractivity contribution in [3.63, 3.8) is 0 Å². The number of rotatable bonds is 4. The van der Waals surface area contributed by atoms with Gasteiger partial charge in [-0.15, -0.1) is 0 Å². The lowest BCUT2D eigenvalue weighted by Crippen LogP contribution is -2.24. The van der Waals surface area contributed by atoms with Gasteiger partial charge in [-0.25, -0.2) is 4.98 Å². The highest BCUT2D eigenvalue weighted by Crippen LogP contribution is 2.19. The van der Waals surface area contributed by atoms with E-state index in [2.05, 4.69) is 15.3 Å². The highest BCUT2D eigenvalue weighted by Gasteiger charge is 2.08. The molecule has 0 spiro atoms. The zero-order chi connectivity index (χ0) is 15.4. The van der Waals surface area contributed by atoms with Gasteiger partial charge in [0.15, 0.2) is 0 Å². The molecule has 2 heterocycles. The van der Waals surface area contributed by atoms with Crippen LogP contribution in [0.25, 0.3) is 10.9 Å². The van der Waals surface area contributed by atoms with Crippen molar-refractivity contribution < 1.29 is 9.53 Å². The highest BCUT2D eigenvalue weighted by atomic mass is 16.5. The van der Waals surface area contributed by atoms with Crippen molar-refractivity contribution in [2.75, 3.05) is 7.11 Å². The van der Waals surface area contributed by atoms with E-state index in [9.17, 15) is 4.79 Å². The number of amides is 1. The molecular weight excluding hydrogens is 278 g/mol. The molecule has 3 aromatic rings. The Morgan fingerprint density at radius 1 is 1.18 bits per heavy atom. The Balaban J connectivity index is 1.76. The molecule has 0 radical (unpaired) electrons. The number of nitrogens with one attached hydrogen (secondary N) is 1. The van der Waals surface area contributed by atoms with E-state index in [0.29, 0.717) is 12.2 Å². The minimum Gasteiger partial charge on any atom is -0.497 e. The van der Waals surface area contributed by atoms with Gasteiger partial charge < -0.3 is 10.1 Å². The van der Waals surface area contributed by atoms with E-state index in [1.54, 1.807) is 19.4 Å². The van der Waals surface area contributed by atoms with Gasteiger partial charge in [-0.3, -0.25) is 9.78 Å². The topological polar surface area (TPSA) is 64.1 Å². The first kappa shape index (κ1) is 14.0. The minimum atomic E-state index is -0.219. The van der Waals surface area contributed by atoms with Crippen LogP contribution < -0.4 is 10.1 Å². The van der Waals surface area contributed by atoms with Crippen molar-refractivity contribution >= 4 is 16.8 Å². The number of hydrogen-bond donors (Lipinski definition) is 1. The summed E-state index contributed by atoms with van der Waals surface area (Å²) in [6.45, 7) is 0.377. The van der Waals surface area contributed by atoms with Crippen LogP contribution in [0.15, 0.2) is 54.7 Å². The maximum atomic E-state index is 12.2. The molecule has 1 aromatic carbocycles. The van der Waals surface area contributed by atoms with E-state index in [4.69, 9.17) is 4.74 Å². The van der Waals surface area contributed by atoms with Crippen LogP contribution in [0.3, 0.4) is 0 Å². The van der Waals surface area contributed by atoms with E-state index in [0.717, 1.165) is 22.3 Å². The van der Waals surface area contributed by atoms with E-state index < -0.39 is 0 Å². The molecule has 3 rings (SSSR count). The van der Waals surface area contributed by atoms with Crippen LogP contribution in [-0.4, -0.2) is 23.0 Å². The van der Waals surface area contributed by atoms with Crippen molar-refractivity contribution in [2.45, 2.75) is 6.54 Å². The monoisotopic (exact) mass is 293 g/mol. The summed E-state index contributed by atoms with van der Waals surface area (Å²) in [7, 11) is 1.62. The second kappa shape index (κ2) is 6.22. The first-order valence-corrected chi connectivity index (χ1v) is 6.89. The third-order valence-corrected chi connectivity index (χ3v) is 3.29. The first-order valence-electron chi connectivity index (χ1n) is 6.89. The van der Waals surface area contributed by atoms with Crippen LogP contribution in [0.4, 0.5) is 0 Å². The molecule has 0 aliphatic rings. The van der Waals surface area contributed by atoms with Gasteiger partial charge >= 0.3 is 0 Å². The predicted molar refractivity (Wildman–Crippen MR) is 83.7 cm³/mol. The number of hydrogen-bond acceptors (Lipinski definition) is 4. The van der Waals surface area contributed by atoms with Gasteiger partial charge in [0.25, 0.3) is 5.91 Å². The van der Waals surface area contributed by atoms with Crippen LogP contribution in [0.2, 0.25) is 0 Å². The normalized spacial score (nSPS) is 10.4. The molecule has 0 aliphatic carbocycles. The fourth-order valence-corrected chi connectivity index (χ4v) is 2.12. The van der Waals surface area contributed by atoms with Crippen molar-refractivity contribution in [3.05, 3.63) is 66.1 Å². The summed E-state index contributed by atoms with van der Waals surface area (Å²) in [5, 5.41) is 3.74. The Morgan fingerprint density at radius 3 is 2.86 bits per heavy atom. The number of aromatic nitrogens is 2. The Labute approximate surface area is 128 Å². The molecule has 5 heteroatoms. The molecule has 0 aliphatic heterocycles. The van der Waals surface area contributed by atoms with E-state index in [1.165, 1.54) is 0 Å². The average molecular weight is 293 g/mol. The molecule has 5 nitrogen and oxygen atoms in total. The van der Waals surface area contributed by atoms with Gasteiger partial charge in [0.05, 0.1) is 24.9 Å². The third kappa shape index (κ3) is 3.03. The van der Waals surface area contributed by atoms with Gasteiger partial charge in [-0.05, 0) is 36.4 Å². The Morgan fingerprint density at radius 2 is 2.09 bits per heavy atom. The second-order valence-electron chi connectivity index (χ2n) is 4.76. The number of methoxy groups -OCH3 is 1. The third-order valence-electron chi connectivity index (χ3n) is 3.29. The van der Waals surface area contributed by atoms with Crippen molar-refractivity contribution in [1.29, 1.82) is 0 Å². The zero-order valence-corrected chi connectivity index (χ0v) is 12.1. The standard InChI is InChI=1S/C17H15N3O2/c1-22-14-6-8-15-12(10-14)5-7-16(20-15)17(21)19-11-13-4-2-3-9-18-13/h2-10H,11H2,1H3,(H,19,21). The second-order valence-corrected chi connectivity index (χ2v) is 4.76. The Kier molecular flexibility index (Phi) is 3.96. The first-order chi connectivity index (χ1) is 10.8. The molecular formula is C17H15N3O2. The van der Waals surface area contributed by atoms with Crippen LogP contribution in [0, 0.1) is 0 Å².